The maximum absolute atomic E-state index is 12.8. The van der Waals surface area contributed by atoms with E-state index >= 15 is 0 Å². The van der Waals surface area contributed by atoms with Gasteiger partial charge in [-0.05, 0) is 51.0 Å². The van der Waals surface area contributed by atoms with Gasteiger partial charge < -0.3 is 10.2 Å². The highest BCUT2D eigenvalue weighted by Gasteiger charge is 2.26. The molecular formula is C23H29N3O2. The highest BCUT2D eigenvalue weighted by Crippen LogP contribution is 2.16. The molecule has 0 spiro atoms. The van der Waals surface area contributed by atoms with Gasteiger partial charge in [0.15, 0.2) is 0 Å². The van der Waals surface area contributed by atoms with Crippen LogP contribution in [0.3, 0.4) is 0 Å². The Balaban J connectivity index is 1.60. The summed E-state index contributed by atoms with van der Waals surface area (Å²) in [5.74, 6) is 0.0651. The van der Waals surface area contributed by atoms with Crippen molar-refractivity contribution in [2.75, 3.05) is 31.5 Å². The molecule has 1 unspecified atom stereocenters. The van der Waals surface area contributed by atoms with E-state index in [4.69, 9.17) is 0 Å². The lowest BCUT2D eigenvalue weighted by Crippen LogP contribution is -2.44. The Bertz CT molecular complexity index is 849. The molecule has 0 bridgehead atoms. The summed E-state index contributed by atoms with van der Waals surface area (Å²) in [6.45, 7) is 8.77. The van der Waals surface area contributed by atoms with Crippen molar-refractivity contribution in [1.29, 1.82) is 0 Å². The Labute approximate surface area is 167 Å². The fraction of sp³-hybridized carbons (Fsp3) is 0.391. The molecule has 1 atom stereocenters. The number of nitrogens with one attached hydrogen (secondary N) is 1. The molecule has 3 rings (SSSR count). The minimum absolute atomic E-state index is 0.00670. The molecule has 1 fully saturated rings. The number of aryl methyl sites for hydroxylation is 2. The van der Waals surface area contributed by atoms with Crippen LogP contribution in [-0.2, 0) is 4.79 Å². The average molecular weight is 380 g/mol. The van der Waals surface area contributed by atoms with Gasteiger partial charge in [0.2, 0.25) is 5.91 Å². The van der Waals surface area contributed by atoms with Crippen LogP contribution >= 0.6 is 0 Å². The number of nitrogens with zero attached hydrogens (tertiary/aromatic N) is 2. The van der Waals surface area contributed by atoms with Crippen LogP contribution in [0.1, 0.15) is 34.8 Å². The molecule has 5 nitrogen and oxygen atoms in total. The molecular weight excluding hydrogens is 350 g/mol. The monoisotopic (exact) mass is 379 g/mol. The minimum atomic E-state index is -0.242. The molecule has 28 heavy (non-hydrogen) atoms. The standard InChI is InChI=1S/C23H29N3O2/c1-17-8-6-10-20(16-17)23(28)26-13-7-12-25(14-15-26)19(3)22(27)24-21-11-5-4-9-18(21)2/h4-6,8-11,16,19H,7,12-15H2,1-3H3,(H,24,27). The number of rotatable bonds is 4. The molecule has 2 aromatic rings. The summed E-state index contributed by atoms with van der Waals surface area (Å²) in [4.78, 5) is 29.6. The van der Waals surface area contributed by atoms with Gasteiger partial charge in [-0.2, -0.15) is 0 Å². The topological polar surface area (TPSA) is 52.7 Å². The Hall–Kier alpha value is -2.66. The summed E-state index contributed by atoms with van der Waals surface area (Å²) >= 11 is 0. The number of carbonyl (C=O) groups excluding carboxylic acids is 2. The van der Waals surface area contributed by atoms with E-state index in [9.17, 15) is 9.59 Å². The van der Waals surface area contributed by atoms with Gasteiger partial charge in [0, 0.05) is 37.4 Å². The molecule has 2 aromatic carbocycles. The summed E-state index contributed by atoms with van der Waals surface area (Å²) in [7, 11) is 0. The predicted molar refractivity (Wildman–Crippen MR) is 113 cm³/mol. The Morgan fingerprint density at radius 3 is 2.50 bits per heavy atom. The number of carbonyl (C=O) groups is 2. The lowest BCUT2D eigenvalue weighted by molar-refractivity contribution is -0.120. The van der Waals surface area contributed by atoms with Gasteiger partial charge in [-0.25, -0.2) is 0 Å². The minimum Gasteiger partial charge on any atom is -0.337 e. The molecule has 1 saturated heterocycles. The Morgan fingerprint density at radius 2 is 1.75 bits per heavy atom. The van der Waals surface area contributed by atoms with Crippen LogP contribution in [0, 0.1) is 13.8 Å². The number of hydrogen-bond donors (Lipinski definition) is 1. The van der Waals surface area contributed by atoms with Gasteiger partial charge in [-0.1, -0.05) is 35.9 Å². The van der Waals surface area contributed by atoms with Crippen molar-refractivity contribution < 1.29 is 9.59 Å². The quantitative estimate of drug-likeness (QED) is 0.885. The van der Waals surface area contributed by atoms with E-state index in [1.54, 1.807) is 0 Å². The van der Waals surface area contributed by atoms with E-state index < -0.39 is 0 Å². The molecule has 1 aliphatic rings. The number of anilines is 1. The second-order valence-electron chi connectivity index (χ2n) is 7.53. The van der Waals surface area contributed by atoms with E-state index in [2.05, 4.69) is 10.2 Å². The Kier molecular flexibility index (Phi) is 6.47. The van der Waals surface area contributed by atoms with Crippen molar-refractivity contribution in [2.24, 2.45) is 0 Å². The van der Waals surface area contributed by atoms with Crippen LogP contribution in [0.2, 0.25) is 0 Å². The van der Waals surface area contributed by atoms with Crippen LogP contribution in [-0.4, -0.2) is 53.8 Å². The number of hydrogen-bond acceptors (Lipinski definition) is 3. The van der Waals surface area contributed by atoms with Crippen molar-refractivity contribution in [2.45, 2.75) is 33.2 Å². The SMILES string of the molecule is Cc1cccc(C(=O)N2CCCN(C(C)C(=O)Nc3ccccc3C)CC2)c1. The van der Waals surface area contributed by atoms with E-state index in [0.29, 0.717) is 13.1 Å². The fourth-order valence-electron chi connectivity index (χ4n) is 3.60. The molecule has 1 N–H and O–H groups in total. The third-order valence-electron chi connectivity index (χ3n) is 5.41. The first-order valence-electron chi connectivity index (χ1n) is 9.92. The molecule has 1 heterocycles. The maximum atomic E-state index is 12.8. The number of benzene rings is 2. The molecule has 0 aliphatic carbocycles. The summed E-state index contributed by atoms with van der Waals surface area (Å²) in [5.41, 5.74) is 3.72. The van der Waals surface area contributed by atoms with Crippen molar-refractivity contribution in [3.05, 3.63) is 65.2 Å². The number of para-hydroxylation sites is 1. The summed E-state index contributed by atoms with van der Waals surface area (Å²) in [5, 5.41) is 3.03. The van der Waals surface area contributed by atoms with E-state index in [0.717, 1.165) is 41.9 Å². The third kappa shape index (κ3) is 4.78. The first kappa shape index (κ1) is 20.1. The van der Waals surface area contributed by atoms with Gasteiger partial charge >= 0.3 is 0 Å². The van der Waals surface area contributed by atoms with Crippen LogP contribution in [0.4, 0.5) is 5.69 Å². The summed E-state index contributed by atoms with van der Waals surface area (Å²) in [6, 6.07) is 15.3. The van der Waals surface area contributed by atoms with Crippen LogP contribution in [0.5, 0.6) is 0 Å². The van der Waals surface area contributed by atoms with Crippen molar-refractivity contribution >= 4 is 17.5 Å². The van der Waals surface area contributed by atoms with Crippen molar-refractivity contribution in [3.63, 3.8) is 0 Å². The normalized spacial score (nSPS) is 16.3. The average Bonchev–Trinajstić information content (AvgIpc) is 2.94. The highest BCUT2D eigenvalue weighted by atomic mass is 16.2. The van der Waals surface area contributed by atoms with Crippen LogP contribution in [0.15, 0.2) is 48.5 Å². The zero-order valence-corrected chi connectivity index (χ0v) is 16.9. The van der Waals surface area contributed by atoms with Gasteiger partial charge in [-0.15, -0.1) is 0 Å². The molecule has 0 saturated carbocycles. The van der Waals surface area contributed by atoms with Gasteiger partial charge in [0.05, 0.1) is 6.04 Å². The van der Waals surface area contributed by atoms with Gasteiger partial charge in [-0.3, -0.25) is 14.5 Å². The van der Waals surface area contributed by atoms with Gasteiger partial charge in [0.25, 0.3) is 5.91 Å². The van der Waals surface area contributed by atoms with Crippen LogP contribution in [0.25, 0.3) is 0 Å². The first-order chi connectivity index (χ1) is 13.5. The van der Waals surface area contributed by atoms with Crippen LogP contribution < -0.4 is 5.32 Å². The molecule has 2 amide bonds. The first-order valence-corrected chi connectivity index (χ1v) is 9.92. The van der Waals surface area contributed by atoms with Crippen molar-refractivity contribution in [1.82, 2.24) is 9.80 Å². The third-order valence-corrected chi connectivity index (χ3v) is 5.41. The molecule has 148 valence electrons. The summed E-state index contributed by atoms with van der Waals surface area (Å²) < 4.78 is 0. The van der Waals surface area contributed by atoms with Crippen molar-refractivity contribution in [3.8, 4) is 0 Å². The zero-order chi connectivity index (χ0) is 20.1. The largest absolute Gasteiger partial charge is 0.337 e. The second-order valence-corrected chi connectivity index (χ2v) is 7.53. The van der Waals surface area contributed by atoms with Gasteiger partial charge in [0.1, 0.15) is 0 Å². The lowest BCUT2D eigenvalue weighted by Gasteiger charge is -2.27. The Morgan fingerprint density at radius 1 is 0.964 bits per heavy atom. The molecule has 0 aromatic heterocycles. The second kappa shape index (κ2) is 9.02. The molecule has 0 radical (unpaired) electrons. The molecule has 5 heteroatoms. The van der Waals surface area contributed by atoms with E-state index in [1.807, 2.05) is 74.2 Å². The summed E-state index contributed by atoms with van der Waals surface area (Å²) in [6.07, 6.45) is 0.861. The fourth-order valence-corrected chi connectivity index (χ4v) is 3.60. The predicted octanol–water partition coefficient (Wildman–Crippen LogP) is 3.48. The van der Waals surface area contributed by atoms with E-state index in [1.165, 1.54) is 0 Å². The smallest absolute Gasteiger partial charge is 0.253 e. The maximum Gasteiger partial charge on any atom is 0.253 e. The lowest BCUT2D eigenvalue weighted by atomic mass is 10.1. The van der Waals surface area contributed by atoms with E-state index in [-0.39, 0.29) is 17.9 Å². The highest BCUT2D eigenvalue weighted by molar-refractivity contribution is 5.95. The number of amides is 2. The molecule has 1 aliphatic heterocycles. The zero-order valence-electron chi connectivity index (χ0n) is 16.9.